The van der Waals surface area contributed by atoms with Crippen molar-refractivity contribution in [2.75, 3.05) is 13.1 Å². The maximum absolute atomic E-state index is 14.0. The van der Waals surface area contributed by atoms with Gasteiger partial charge in [-0.1, -0.05) is 64.9 Å². The summed E-state index contributed by atoms with van der Waals surface area (Å²) in [6.45, 7) is 1.68. The summed E-state index contributed by atoms with van der Waals surface area (Å²) in [6, 6.07) is 12.9. The van der Waals surface area contributed by atoms with Crippen LogP contribution in [-0.4, -0.2) is 67.3 Å². The van der Waals surface area contributed by atoms with Crippen molar-refractivity contribution in [1.82, 2.24) is 25.5 Å². The molecule has 3 N–H and O–H groups in total. The quantitative estimate of drug-likeness (QED) is 0.258. The van der Waals surface area contributed by atoms with Gasteiger partial charge in [-0.15, -0.1) is 0 Å². The molecule has 12 nitrogen and oxygen atoms in total. The van der Waals surface area contributed by atoms with Crippen LogP contribution in [0.3, 0.4) is 0 Å². The fraction of sp³-hybridized carbons (Fsp3) is 0.286. The lowest BCUT2D eigenvalue weighted by Gasteiger charge is -2.44. The molecular formula is C28H24F3N5O7. The number of benzene rings is 2. The molecule has 0 bridgehead atoms. The van der Waals surface area contributed by atoms with Crippen LogP contribution in [0.15, 0.2) is 63.6 Å². The fourth-order valence-corrected chi connectivity index (χ4v) is 4.65. The summed E-state index contributed by atoms with van der Waals surface area (Å²) in [5.74, 6) is -4.01. The topological polar surface area (TPSA) is 172 Å². The van der Waals surface area contributed by atoms with Crippen LogP contribution in [0.2, 0.25) is 0 Å². The number of nitrogens with one attached hydrogen (secondary N) is 1. The number of likely N-dealkylation sites (tertiary alicyclic amines) is 1. The van der Waals surface area contributed by atoms with E-state index in [1.165, 1.54) is 41.3 Å². The van der Waals surface area contributed by atoms with Crippen LogP contribution < -0.4 is 5.32 Å². The number of rotatable bonds is 9. The molecule has 1 aliphatic heterocycles. The summed E-state index contributed by atoms with van der Waals surface area (Å²) in [5.41, 5.74) is -0.889. The van der Waals surface area contributed by atoms with E-state index in [4.69, 9.17) is 14.2 Å². The van der Waals surface area contributed by atoms with Crippen molar-refractivity contribution in [3.63, 3.8) is 0 Å². The van der Waals surface area contributed by atoms with Crippen molar-refractivity contribution in [2.45, 2.75) is 31.7 Å². The van der Waals surface area contributed by atoms with E-state index in [1.54, 1.807) is 25.1 Å². The van der Waals surface area contributed by atoms with Gasteiger partial charge in [0.2, 0.25) is 17.5 Å². The SMILES string of the molecule is CC1C(C(=O)O)CN1C(=O)CCNC(=O)C(O)c1ccc(-c2noc(-c3onc(-c4ccccc4)c3C(F)(F)F)n2)cc1. The van der Waals surface area contributed by atoms with Gasteiger partial charge in [-0.2, -0.15) is 18.2 Å². The summed E-state index contributed by atoms with van der Waals surface area (Å²) in [4.78, 5) is 41.1. The maximum atomic E-state index is 14.0. The second-order valence-corrected chi connectivity index (χ2v) is 9.82. The Morgan fingerprint density at radius 1 is 1.05 bits per heavy atom. The highest BCUT2D eigenvalue weighted by molar-refractivity contribution is 5.84. The van der Waals surface area contributed by atoms with Gasteiger partial charge in [-0.25, -0.2) is 0 Å². The van der Waals surface area contributed by atoms with Crippen molar-refractivity contribution in [3.05, 3.63) is 65.7 Å². The van der Waals surface area contributed by atoms with Gasteiger partial charge in [-0.3, -0.25) is 14.4 Å². The first-order chi connectivity index (χ1) is 20.5. The number of hydrogen-bond donors (Lipinski definition) is 3. The Kier molecular flexibility index (Phi) is 8.00. The normalized spacial score (nSPS) is 17.3. The number of aliphatic hydroxyl groups is 1. The molecule has 0 spiro atoms. The molecule has 4 aromatic rings. The molecule has 2 amide bonds. The Bertz CT molecular complexity index is 1640. The Morgan fingerprint density at radius 3 is 2.37 bits per heavy atom. The molecule has 2 aromatic heterocycles. The highest BCUT2D eigenvalue weighted by Crippen LogP contribution is 2.43. The first kappa shape index (κ1) is 29.4. The molecule has 1 aliphatic rings. The number of carbonyl (C=O) groups is 3. The largest absolute Gasteiger partial charge is 0.481 e. The Balaban J connectivity index is 1.22. The van der Waals surface area contributed by atoms with E-state index < -0.39 is 59.0 Å². The van der Waals surface area contributed by atoms with Gasteiger partial charge in [0.1, 0.15) is 11.3 Å². The summed E-state index contributed by atoms with van der Waals surface area (Å²) in [7, 11) is 0. The number of aromatic nitrogens is 3. The van der Waals surface area contributed by atoms with E-state index in [2.05, 4.69) is 20.6 Å². The predicted molar refractivity (Wildman–Crippen MR) is 141 cm³/mol. The zero-order chi connectivity index (χ0) is 30.9. The minimum Gasteiger partial charge on any atom is -0.481 e. The lowest BCUT2D eigenvalue weighted by atomic mass is 9.89. The van der Waals surface area contributed by atoms with Gasteiger partial charge in [0.05, 0.1) is 5.92 Å². The molecule has 3 heterocycles. The third-order valence-corrected chi connectivity index (χ3v) is 7.12. The standard InChI is InChI=1S/C28H24F3N5O7/c1-14-18(27(40)41)13-36(14)19(37)11-12-32-25(39)22(38)16-7-9-17(10-8-16)24-33-26(43-35-24)23-20(28(29,30)31)21(34-42-23)15-5-3-2-4-6-15/h2-10,14,18,22,38H,11-13H2,1H3,(H,32,39)(H,40,41). The molecule has 5 rings (SSSR count). The number of carboxylic acid groups (broad SMARTS) is 1. The van der Waals surface area contributed by atoms with Crippen LogP contribution in [0.5, 0.6) is 0 Å². The third-order valence-electron chi connectivity index (χ3n) is 7.12. The first-order valence-electron chi connectivity index (χ1n) is 13.0. The second-order valence-electron chi connectivity index (χ2n) is 9.82. The Hall–Kier alpha value is -5.05. The van der Waals surface area contributed by atoms with E-state index in [9.17, 15) is 32.7 Å². The minimum atomic E-state index is -4.84. The van der Waals surface area contributed by atoms with Crippen LogP contribution in [-0.2, 0) is 20.6 Å². The molecule has 15 heteroatoms. The van der Waals surface area contributed by atoms with Crippen LogP contribution in [0.25, 0.3) is 34.3 Å². The number of aliphatic hydroxyl groups excluding tert-OH is 1. The van der Waals surface area contributed by atoms with Crippen LogP contribution >= 0.6 is 0 Å². The van der Waals surface area contributed by atoms with Gasteiger partial charge >= 0.3 is 12.1 Å². The van der Waals surface area contributed by atoms with Gasteiger partial charge < -0.3 is 29.5 Å². The third kappa shape index (κ3) is 5.97. The zero-order valence-electron chi connectivity index (χ0n) is 22.4. The van der Waals surface area contributed by atoms with E-state index in [0.717, 1.165) is 0 Å². The number of halogens is 3. The van der Waals surface area contributed by atoms with Crippen molar-refractivity contribution >= 4 is 17.8 Å². The highest BCUT2D eigenvalue weighted by Gasteiger charge is 2.44. The number of carbonyl (C=O) groups excluding carboxylic acids is 2. The summed E-state index contributed by atoms with van der Waals surface area (Å²) in [6.07, 6.45) is -6.48. The van der Waals surface area contributed by atoms with Crippen molar-refractivity contribution in [2.24, 2.45) is 5.92 Å². The molecule has 2 aromatic carbocycles. The van der Waals surface area contributed by atoms with Crippen molar-refractivity contribution in [3.8, 4) is 34.3 Å². The van der Waals surface area contributed by atoms with Gasteiger partial charge in [0, 0.05) is 36.7 Å². The molecule has 224 valence electrons. The molecule has 1 saturated heterocycles. The second kappa shape index (κ2) is 11.7. The Morgan fingerprint density at radius 2 is 1.74 bits per heavy atom. The van der Waals surface area contributed by atoms with E-state index in [0.29, 0.717) is 5.56 Å². The van der Waals surface area contributed by atoms with E-state index >= 15 is 0 Å². The van der Waals surface area contributed by atoms with Crippen LogP contribution in [0, 0.1) is 5.92 Å². The molecule has 0 aliphatic carbocycles. The monoisotopic (exact) mass is 599 g/mol. The highest BCUT2D eigenvalue weighted by atomic mass is 19.4. The fourth-order valence-electron chi connectivity index (χ4n) is 4.65. The smallest absolute Gasteiger partial charge is 0.422 e. The first-order valence-corrected chi connectivity index (χ1v) is 13.0. The van der Waals surface area contributed by atoms with Crippen LogP contribution in [0.4, 0.5) is 13.2 Å². The van der Waals surface area contributed by atoms with Crippen LogP contribution in [0.1, 0.15) is 30.6 Å². The molecule has 0 radical (unpaired) electrons. The number of hydrogen-bond acceptors (Lipinski definition) is 9. The summed E-state index contributed by atoms with van der Waals surface area (Å²) in [5, 5.41) is 29.3. The number of nitrogens with zero attached hydrogens (tertiary/aromatic N) is 4. The lowest BCUT2D eigenvalue weighted by molar-refractivity contribution is -0.158. The lowest BCUT2D eigenvalue weighted by Crippen LogP contribution is -2.60. The molecule has 0 saturated carbocycles. The number of alkyl halides is 3. The number of carboxylic acids is 1. The zero-order valence-corrected chi connectivity index (χ0v) is 22.4. The molecule has 3 unspecified atom stereocenters. The van der Waals surface area contributed by atoms with E-state index in [-0.39, 0.29) is 42.4 Å². The summed E-state index contributed by atoms with van der Waals surface area (Å²) < 4.78 is 52.0. The predicted octanol–water partition coefficient (Wildman–Crippen LogP) is 3.55. The van der Waals surface area contributed by atoms with Gasteiger partial charge in [-0.05, 0) is 12.5 Å². The average Bonchev–Trinajstić information content (AvgIpc) is 3.64. The average molecular weight is 600 g/mol. The summed E-state index contributed by atoms with van der Waals surface area (Å²) >= 11 is 0. The van der Waals surface area contributed by atoms with Crippen molar-refractivity contribution < 1.29 is 46.8 Å². The molecule has 43 heavy (non-hydrogen) atoms. The minimum absolute atomic E-state index is 0.0626. The van der Waals surface area contributed by atoms with Crippen molar-refractivity contribution in [1.29, 1.82) is 0 Å². The maximum Gasteiger partial charge on any atom is 0.422 e. The molecule has 1 fully saturated rings. The molecular weight excluding hydrogens is 575 g/mol. The van der Waals surface area contributed by atoms with E-state index in [1.807, 2.05) is 0 Å². The Labute approximate surface area is 241 Å². The number of aliphatic carboxylic acids is 1. The number of amides is 2. The van der Waals surface area contributed by atoms with Gasteiger partial charge in [0.25, 0.3) is 11.8 Å². The molecule has 3 atom stereocenters. The van der Waals surface area contributed by atoms with Gasteiger partial charge in [0.15, 0.2) is 6.10 Å².